The molecule has 4 rings (SSSR count). The first-order valence-electron chi connectivity index (χ1n) is 13.2. The molecule has 2 aromatic heterocycles. The van der Waals surface area contributed by atoms with Crippen molar-refractivity contribution in [3.05, 3.63) is 119 Å². The van der Waals surface area contributed by atoms with E-state index >= 15 is 0 Å². The lowest BCUT2D eigenvalue weighted by Gasteiger charge is -2.19. The van der Waals surface area contributed by atoms with Crippen molar-refractivity contribution < 1.29 is 19.1 Å². The van der Waals surface area contributed by atoms with Crippen LogP contribution in [0.3, 0.4) is 0 Å². The predicted octanol–water partition coefficient (Wildman–Crippen LogP) is 6.56. The number of nitrogens with one attached hydrogen (secondary N) is 1. The summed E-state index contributed by atoms with van der Waals surface area (Å²) in [4.78, 5) is 44.1. The Balaban J connectivity index is 0.000000239. The van der Waals surface area contributed by atoms with Gasteiger partial charge in [-0.05, 0) is 82.1 Å². The molecule has 41 heavy (non-hydrogen) atoms. The van der Waals surface area contributed by atoms with Gasteiger partial charge in [0.15, 0.2) is 11.6 Å². The van der Waals surface area contributed by atoms with E-state index in [4.69, 9.17) is 10.5 Å². The number of aromatic nitrogens is 2. The van der Waals surface area contributed by atoms with Crippen molar-refractivity contribution in [1.29, 1.82) is 0 Å². The van der Waals surface area contributed by atoms with Gasteiger partial charge in [-0.25, -0.2) is 14.8 Å². The van der Waals surface area contributed by atoms with Gasteiger partial charge in [0.2, 0.25) is 0 Å². The molecule has 0 aliphatic carbocycles. The number of nitrogens with two attached hydrogens (primary N) is 1. The maximum absolute atomic E-state index is 12.4. The molecule has 0 radical (unpaired) electrons. The number of hydrogen-bond donors (Lipinski definition) is 2. The molecule has 0 fully saturated rings. The molecule has 3 N–H and O–H groups in total. The number of hydrogen-bond acceptors (Lipinski definition) is 7. The first kappa shape index (κ1) is 30.7. The summed E-state index contributed by atoms with van der Waals surface area (Å²) < 4.78 is 5.19. The summed E-state index contributed by atoms with van der Waals surface area (Å²) in [6.07, 6.45) is 3.21. The smallest absolute Gasteiger partial charge is 0.413 e. The fraction of sp³-hybridized carbons (Fsp3) is 0.242. The highest BCUT2D eigenvalue weighted by Gasteiger charge is 2.17. The normalized spacial score (nSPS) is 10.7. The number of amides is 1. The van der Waals surface area contributed by atoms with Crippen LogP contribution in [-0.2, 0) is 17.6 Å². The molecule has 8 nitrogen and oxygen atoms in total. The maximum atomic E-state index is 12.4. The second kappa shape index (κ2) is 14.0. The lowest BCUT2D eigenvalue weighted by Crippen LogP contribution is -2.27. The van der Waals surface area contributed by atoms with Gasteiger partial charge < -0.3 is 10.5 Å². The number of rotatable bonds is 7. The number of carbonyl (C=O) groups excluding carboxylic acids is 3. The van der Waals surface area contributed by atoms with Gasteiger partial charge >= 0.3 is 6.09 Å². The first-order chi connectivity index (χ1) is 19.4. The van der Waals surface area contributed by atoms with Gasteiger partial charge in [-0.2, -0.15) is 0 Å². The van der Waals surface area contributed by atoms with Crippen LogP contribution in [0.15, 0.2) is 85.2 Å². The van der Waals surface area contributed by atoms with E-state index in [9.17, 15) is 14.4 Å². The molecule has 2 aromatic carbocycles. The van der Waals surface area contributed by atoms with E-state index in [1.807, 2.05) is 62.4 Å². The molecule has 2 heterocycles. The van der Waals surface area contributed by atoms with Crippen molar-refractivity contribution in [3.8, 4) is 0 Å². The van der Waals surface area contributed by atoms with Gasteiger partial charge in [0.1, 0.15) is 17.2 Å². The summed E-state index contributed by atoms with van der Waals surface area (Å²) >= 11 is 0. The molecule has 212 valence electrons. The Hall–Kier alpha value is -4.85. The lowest BCUT2D eigenvalue weighted by molar-refractivity contribution is 0.0635. The minimum Gasteiger partial charge on any atom is -0.444 e. The summed E-state index contributed by atoms with van der Waals surface area (Å²) in [6, 6.07) is 22.1. The van der Waals surface area contributed by atoms with Crippen LogP contribution in [0, 0.1) is 13.8 Å². The Morgan fingerprint density at radius 3 is 1.76 bits per heavy atom. The third-order valence-electron chi connectivity index (χ3n) is 5.71. The zero-order valence-corrected chi connectivity index (χ0v) is 24.1. The van der Waals surface area contributed by atoms with Crippen molar-refractivity contribution in [1.82, 2.24) is 9.97 Å². The molecule has 0 aliphatic rings. The zero-order valence-electron chi connectivity index (χ0n) is 24.1. The Labute approximate surface area is 241 Å². The third kappa shape index (κ3) is 10.7. The number of carbonyl (C=O) groups is 3. The summed E-state index contributed by atoms with van der Waals surface area (Å²) in [5.74, 6) is 0.922. The number of Topliss-reactive ketones (excluding diaryl/α,β-unsaturated/α-hetero) is 2. The molecule has 0 spiro atoms. The van der Waals surface area contributed by atoms with Crippen molar-refractivity contribution in [2.75, 3.05) is 11.1 Å². The summed E-state index contributed by atoms with van der Waals surface area (Å²) in [7, 11) is 0. The molecular weight excluding hydrogens is 516 g/mol. The monoisotopic (exact) mass is 552 g/mol. The van der Waals surface area contributed by atoms with Gasteiger partial charge in [0, 0.05) is 36.4 Å². The molecule has 0 saturated heterocycles. The highest BCUT2D eigenvalue weighted by molar-refractivity contribution is 5.98. The van der Waals surface area contributed by atoms with Crippen LogP contribution in [0.1, 0.15) is 63.7 Å². The molecule has 4 aromatic rings. The van der Waals surface area contributed by atoms with Crippen molar-refractivity contribution in [3.63, 3.8) is 0 Å². The van der Waals surface area contributed by atoms with E-state index < -0.39 is 11.7 Å². The Kier molecular flexibility index (Phi) is 10.5. The highest BCUT2D eigenvalue weighted by Crippen LogP contribution is 2.14. The van der Waals surface area contributed by atoms with Crippen molar-refractivity contribution in [2.45, 2.75) is 53.1 Å². The Morgan fingerprint density at radius 1 is 0.756 bits per heavy atom. The van der Waals surface area contributed by atoms with Gasteiger partial charge in [0.25, 0.3) is 0 Å². The number of pyridine rings is 2. The SMILES string of the molecule is Cc1cccc(C(=O)Cc2ccnc(N)c2)c1.Cc1cccc(C(=O)Cc2ccnc(NC(=O)OC(C)(C)C)c2)c1. The summed E-state index contributed by atoms with van der Waals surface area (Å²) in [5, 5.41) is 2.58. The largest absolute Gasteiger partial charge is 0.444 e. The van der Waals surface area contributed by atoms with E-state index in [2.05, 4.69) is 15.3 Å². The molecule has 0 aliphatic heterocycles. The van der Waals surface area contributed by atoms with Crippen LogP contribution in [0.2, 0.25) is 0 Å². The first-order valence-corrected chi connectivity index (χ1v) is 13.2. The minimum atomic E-state index is -0.581. The van der Waals surface area contributed by atoms with Crippen LogP contribution in [0.25, 0.3) is 0 Å². The van der Waals surface area contributed by atoms with Crippen molar-refractivity contribution >= 4 is 29.3 Å². The number of anilines is 2. The van der Waals surface area contributed by atoms with Crippen LogP contribution in [0.4, 0.5) is 16.4 Å². The van der Waals surface area contributed by atoms with Gasteiger partial charge in [-0.1, -0.05) is 47.5 Å². The third-order valence-corrected chi connectivity index (χ3v) is 5.71. The second-order valence-electron chi connectivity index (χ2n) is 10.7. The number of ketones is 2. The van der Waals surface area contributed by atoms with E-state index in [-0.39, 0.29) is 18.0 Å². The molecular formula is C33H36N4O4. The average molecular weight is 553 g/mol. The number of aryl methyl sites for hydroxylation is 2. The second-order valence-corrected chi connectivity index (χ2v) is 10.7. The number of ether oxygens (including phenoxy) is 1. The molecule has 0 saturated carbocycles. The minimum absolute atomic E-state index is 0.0214. The summed E-state index contributed by atoms with van der Waals surface area (Å²) in [6.45, 7) is 9.29. The van der Waals surface area contributed by atoms with Gasteiger partial charge in [-0.3, -0.25) is 14.9 Å². The fourth-order valence-corrected chi connectivity index (χ4v) is 3.88. The zero-order chi connectivity index (χ0) is 30.0. The average Bonchev–Trinajstić information content (AvgIpc) is 2.88. The lowest BCUT2D eigenvalue weighted by atomic mass is 10.0. The van der Waals surface area contributed by atoms with Gasteiger partial charge in [-0.15, -0.1) is 0 Å². The van der Waals surface area contributed by atoms with E-state index in [0.29, 0.717) is 23.6 Å². The maximum Gasteiger partial charge on any atom is 0.413 e. The van der Waals surface area contributed by atoms with Crippen LogP contribution < -0.4 is 11.1 Å². The van der Waals surface area contributed by atoms with Gasteiger partial charge in [0.05, 0.1) is 0 Å². The Morgan fingerprint density at radius 2 is 1.27 bits per heavy atom. The molecule has 0 unspecified atom stereocenters. The molecule has 1 amide bonds. The van der Waals surface area contributed by atoms with Crippen molar-refractivity contribution in [2.24, 2.45) is 0 Å². The van der Waals surface area contributed by atoms with Crippen LogP contribution >= 0.6 is 0 Å². The predicted molar refractivity (Wildman–Crippen MR) is 161 cm³/mol. The van der Waals surface area contributed by atoms with E-state index in [1.54, 1.807) is 57.4 Å². The number of benzene rings is 2. The quantitative estimate of drug-likeness (QED) is 0.249. The number of nitrogen functional groups attached to an aromatic ring is 1. The van der Waals surface area contributed by atoms with Crippen LogP contribution in [-0.4, -0.2) is 33.2 Å². The highest BCUT2D eigenvalue weighted by atomic mass is 16.6. The topological polar surface area (TPSA) is 124 Å². The fourth-order valence-electron chi connectivity index (χ4n) is 3.88. The molecule has 8 heteroatoms. The number of nitrogens with zero attached hydrogens (tertiary/aromatic N) is 2. The standard InChI is InChI=1S/C19H22N2O3.C14H14N2O/c1-13-6-5-7-15(10-13)16(22)11-14-8-9-20-17(12-14)21-18(23)24-19(2,3)4;1-10-3-2-4-12(7-10)13(17)8-11-5-6-16-14(15)9-11/h5-10,12H,11H2,1-4H3,(H,20,21,23);2-7,9H,8H2,1H3,(H2,15,16). The van der Waals surface area contributed by atoms with E-state index in [1.165, 1.54) is 0 Å². The Bertz CT molecular complexity index is 1530. The summed E-state index contributed by atoms with van der Waals surface area (Å²) in [5.41, 5.74) is 10.2. The molecule has 0 bridgehead atoms. The van der Waals surface area contributed by atoms with E-state index in [0.717, 1.165) is 27.8 Å². The van der Waals surface area contributed by atoms with Crippen LogP contribution in [0.5, 0.6) is 0 Å². The molecule has 0 atom stereocenters.